The molecule has 0 spiro atoms. The van der Waals surface area contributed by atoms with Crippen LogP contribution in [0.25, 0.3) is 16.6 Å². The highest BCUT2D eigenvalue weighted by atomic mass is 79.9. The van der Waals surface area contributed by atoms with Crippen molar-refractivity contribution < 1.29 is 4.74 Å². The molecular weight excluding hydrogens is 290 g/mol. The van der Waals surface area contributed by atoms with Crippen LogP contribution in [-0.4, -0.2) is 11.7 Å². The van der Waals surface area contributed by atoms with Crippen molar-refractivity contribution in [2.45, 2.75) is 0 Å². The van der Waals surface area contributed by atoms with Crippen molar-refractivity contribution in [3.63, 3.8) is 0 Å². The van der Waals surface area contributed by atoms with Crippen LogP contribution in [-0.2, 0) is 0 Å². The second-order valence-corrected chi connectivity index (χ2v) is 4.92. The Morgan fingerprint density at radius 2 is 1.89 bits per heavy atom. The standard InChI is InChI=1S/C15H12BrNO/c1-18-12-6-7-14-11(10-12)8-9-17(14)15-5-3-2-4-13(15)16/h2-10H,1H3. The summed E-state index contributed by atoms with van der Waals surface area (Å²) in [7, 11) is 1.69. The lowest BCUT2D eigenvalue weighted by Crippen LogP contribution is -1.92. The molecule has 0 saturated carbocycles. The van der Waals surface area contributed by atoms with E-state index in [4.69, 9.17) is 4.74 Å². The molecule has 0 radical (unpaired) electrons. The number of rotatable bonds is 2. The molecular formula is C15H12BrNO. The summed E-state index contributed by atoms with van der Waals surface area (Å²) < 4.78 is 8.49. The van der Waals surface area contributed by atoms with Gasteiger partial charge in [0.05, 0.1) is 18.3 Å². The topological polar surface area (TPSA) is 14.2 Å². The predicted octanol–water partition coefficient (Wildman–Crippen LogP) is 4.40. The second-order valence-electron chi connectivity index (χ2n) is 4.06. The molecule has 1 aromatic heterocycles. The molecule has 0 unspecified atom stereocenters. The fourth-order valence-electron chi connectivity index (χ4n) is 2.10. The molecule has 0 atom stereocenters. The third-order valence-electron chi connectivity index (χ3n) is 3.01. The maximum absolute atomic E-state index is 5.24. The molecule has 0 aliphatic rings. The highest BCUT2D eigenvalue weighted by molar-refractivity contribution is 9.10. The zero-order chi connectivity index (χ0) is 12.5. The van der Waals surface area contributed by atoms with E-state index >= 15 is 0 Å². The minimum Gasteiger partial charge on any atom is -0.497 e. The number of hydrogen-bond donors (Lipinski definition) is 0. The molecule has 0 amide bonds. The van der Waals surface area contributed by atoms with Crippen LogP contribution in [0.3, 0.4) is 0 Å². The molecule has 0 bridgehead atoms. The zero-order valence-electron chi connectivity index (χ0n) is 9.93. The molecule has 2 nitrogen and oxygen atoms in total. The molecule has 2 aromatic carbocycles. The van der Waals surface area contributed by atoms with E-state index in [2.05, 4.69) is 44.9 Å². The first-order chi connectivity index (χ1) is 8.79. The number of ether oxygens (including phenoxy) is 1. The summed E-state index contributed by atoms with van der Waals surface area (Å²) in [6.45, 7) is 0. The summed E-state index contributed by atoms with van der Waals surface area (Å²) in [6, 6.07) is 16.4. The first kappa shape index (κ1) is 11.4. The van der Waals surface area contributed by atoms with Crippen LogP contribution in [0.4, 0.5) is 0 Å². The van der Waals surface area contributed by atoms with Gasteiger partial charge in [0.2, 0.25) is 0 Å². The summed E-state index contributed by atoms with van der Waals surface area (Å²) in [5.41, 5.74) is 2.31. The van der Waals surface area contributed by atoms with Crippen LogP contribution in [0.1, 0.15) is 0 Å². The third kappa shape index (κ3) is 1.81. The van der Waals surface area contributed by atoms with Gasteiger partial charge in [0.15, 0.2) is 0 Å². The molecule has 1 heterocycles. The monoisotopic (exact) mass is 301 g/mol. The van der Waals surface area contributed by atoms with Crippen LogP contribution in [0.2, 0.25) is 0 Å². The first-order valence-electron chi connectivity index (χ1n) is 5.69. The van der Waals surface area contributed by atoms with E-state index in [0.29, 0.717) is 0 Å². The average Bonchev–Trinajstić information content (AvgIpc) is 2.82. The Kier molecular flexibility index (Phi) is 2.84. The van der Waals surface area contributed by atoms with Gasteiger partial charge >= 0.3 is 0 Å². The van der Waals surface area contributed by atoms with Gasteiger partial charge in [-0.05, 0) is 52.3 Å². The predicted molar refractivity (Wildman–Crippen MR) is 77.5 cm³/mol. The third-order valence-corrected chi connectivity index (χ3v) is 3.68. The normalized spacial score (nSPS) is 10.8. The fourth-order valence-corrected chi connectivity index (χ4v) is 2.58. The number of methoxy groups -OCH3 is 1. The summed E-state index contributed by atoms with van der Waals surface area (Å²) >= 11 is 3.59. The minimum absolute atomic E-state index is 0.882. The minimum atomic E-state index is 0.882. The summed E-state index contributed by atoms with van der Waals surface area (Å²) in [5.74, 6) is 0.882. The quantitative estimate of drug-likeness (QED) is 0.684. The van der Waals surface area contributed by atoms with Crippen molar-refractivity contribution in [2.24, 2.45) is 0 Å². The van der Waals surface area contributed by atoms with E-state index in [1.165, 1.54) is 10.9 Å². The molecule has 3 aromatic rings. The Hall–Kier alpha value is -1.74. The maximum Gasteiger partial charge on any atom is 0.119 e. The van der Waals surface area contributed by atoms with Crippen molar-refractivity contribution in [3.05, 3.63) is 59.2 Å². The van der Waals surface area contributed by atoms with Crippen LogP contribution in [0, 0.1) is 0 Å². The number of hydrogen-bond acceptors (Lipinski definition) is 1. The van der Waals surface area contributed by atoms with E-state index in [1.54, 1.807) is 7.11 Å². The van der Waals surface area contributed by atoms with Gasteiger partial charge < -0.3 is 9.30 Å². The summed E-state index contributed by atoms with van der Waals surface area (Å²) in [6.07, 6.45) is 2.07. The van der Waals surface area contributed by atoms with Gasteiger partial charge in [-0.3, -0.25) is 0 Å². The Balaban J connectivity index is 2.22. The van der Waals surface area contributed by atoms with Gasteiger partial charge in [0.1, 0.15) is 5.75 Å². The van der Waals surface area contributed by atoms with Gasteiger partial charge in [-0.2, -0.15) is 0 Å². The maximum atomic E-state index is 5.24. The smallest absolute Gasteiger partial charge is 0.119 e. The number of nitrogens with zero attached hydrogens (tertiary/aromatic N) is 1. The van der Waals surface area contributed by atoms with E-state index in [1.807, 2.05) is 30.3 Å². The lowest BCUT2D eigenvalue weighted by molar-refractivity contribution is 0.415. The molecule has 0 fully saturated rings. The molecule has 90 valence electrons. The zero-order valence-corrected chi connectivity index (χ0v) is 11.5. The molecule has 0 aliphatic heterocycles. The van der Waals surface area contributed by atoms with E-state index in [9.17, 15) is 0 Å². The van der Waals surface area contributed by atoms with E-state index in [0.717, 1.165) is 15.9 Å². The van der Waals surface area contributed by atoms with Crippen molar-refractivity contribution >= 4 is 26.8 Å². The van der Waals surface area contributed by atoms with Crippen molar-refractivity contribution in [1.82, 2.24) is 4.57 Å². The molecule has 0 saturated heterocycles. The number of aromatic nitrogens is 1. The van der Waals surface area contributed by atoms with Crippen LogP contribution < -0.4 is 4.74 Å². The highest BCUT2D eigenvalue weighted by Gasteiger charge is 2.06. The van der Waals surface area contributed by atoms with Crippen molar-refractivity contribution in [1.29, 1.82) is 0 Å². The number of benzene rings is 2. The molecule has 3 heteroatoms. The van der Waals surface area contributed by atoms with Crippen molar-refractivity contribution in [3.8, 4) is 11.4 Å². The Labute approximate surface area is 114 Å². The number of para-hydroxylation sites is 1. The summed E-state index contributed by atoms with van der Waals surface area (Å²) in [5, 5.41) is 1.17. The number of halogens is 1. The molecule has 18 heavy (non-hydrogen) atoms. The first-order valence-corrected chi connectivity index (χ1v) is 6.49. The SMILES string of the molecule is COc1ccc2c(ccn2-c2ccccc2Br)c1. The Morgan fingerprint density at radius 1 is 1.06 bits per heavy atom. The van der Waals surface area contributed by atoms with E-state index in [-0.39, 0.29) is 0 Å². The lowest BCUT2D eigenvalue weighted by atomic mass is 10.2. The van der Waals surface area contributed by atoms with Gasteiger partial charge in [0.25, 0.3) is 0 Å². The molecule has 0 N–H and O–H groups in total. The van der Waals surface area contributed by atoms with Gasteiger partial charge in [0, 0.05) is 16.1 Å². The van der Waals surface area contributed by atoms with Crippen LogP contribution in [0.5, 0.6) is 5.75 Å². The fraction of sp³-hybridized carbons (Fsp3) is 0.0667. The van der Waals surface area contributed by atoms with E-state index < -0.39 is 0 Å². The Bertz CT molecular complexity index is 703. The van der Waals surface area contributed by atoms with Crippen LogP contribution in [0.15, 0.2) is 59.2 Å². The summed E-state index contributed by atoms with van der Waals surface area (Å²) in [4.78, 5) is 0. The lowest BCUT2D eigenvalue weighted by Gasteiger charge is -2.08. The van der Waals surface area contributed by atoms with Gasteiger partial charge in [-0.15, -0.1) is 0 Å². The largest absolute Gasteiger partial charge is 0.497 e. The average molecular weight is 302 g/mol. The highest BCUT2D eigenvalue weighted by Crippen LogP contribution is 2.28. The van der Waals surface area contributed by atoms with Crippen molar-refractivity contribution in [2.75, 3.05) is 7.11 Å². The second kappa shape index (κ2) is 4.50. The molecule has 0 aliphatic carbocycles. The number of fused-ring (bicyclic) bond motifs is 1. The molecule has 3 rings (SSSR count). The van der Waals surface area contributed by atoms with Gasteiger partial charge in [-0.25, -0.2) is 0 Å². The Morgan fingerprint density at radius 3 is 2.67 bits per heavy atom. The van der Waals surface area contributed by atoms with Gasteiger partial charge in [-0.1, -0.05) is 12.1 Å². The van der Waals surface area contributed by atoms with Crippen LogP contribution >= 0.6 is 15.9 Å².